The average molecular weight is 590 g/mol. The molecule has 1 atom stereocenters. The third-order valence-electron chi connectivity index (χ3n) is 6.45. The molecule has 0 bridgehead atoms. The van der Waals surface area contributed by atoms with Crippen molar-refractivity contribution in [2.45, 2.75) is 63.7 Å². The van der Waals surface area contributed by atoms with Crippen molar-refractivity contribution in [1.82, 2.24) is 13.8 Å². The summed E-state index contributed by atoms with van der Waals surface area (Å²) in [6, 6.07) is 9.49. The topological polar surface area (TPSA) is 118 Å². The summed E-state index contributed by atoms with van der Waals surface area (Å²) in [4.78, 5) is 26.8. The van der Waals surface area contributed by atoms with Gasteiger partial charge in [-0.2, -0.15) is 4.31 Å². The van der Waals surface area contributed by atoms with Gasteiger partial charge >= 0.3 is 12.2 Å². The number of hydrogen-bond donors (Lipinski definition) is 1. The van der Waals surface area contributed by atoms with Crippen molar-refractivity contribution in [2.75, 3.05) is 26.2 Å². The molecule has 2 aromatic carbocycles. The van der Waals surface area contributed by atoms with Crippen molar-refractivity contribution in [3.63, 3.8) is 0 Å². The number of fused-ring (bicyclic) bond motifs is 1. The van der Waals surface area contributed by atoms with Gasteiger partial charge in [0.25, 0.3) is 0 Å². The zero-order valence-electron chi connectivity index (χ0n) is 24.0. The molecule has 0 saturated carbocycles. The molecule has 222 valence electrons. The van der Waals surface area contributed by atoms with Gasteiger partial charge in [0.15, 0.2) is 0 Å². The van der Waals surface area contributed by atoms with Crippen LogP contribution in [0.25, 0.3) is 22.0 Å². The Hall–Kier alpha value is -3.48. The summed E-state index contributed by atoms with van der Waals surface area (Å²) in [5.41, 5.74) is 0.0517. The van der Waals surface area contributed by atoms with E-state index in [1.54, 1.807) is 65.9 Å². The van der Waals surface area contributed by atoms with E-state index in [0.717, 1.165) is 0 Å². The van der Waals surface area contributed by atoms with E-state index >= 15 is 0 Å². The van der Waals surface area contributed by atoms with Crippen LogP contribution in [0.15, 0.2) is 53.6 Å². The van der Waals surface area contributed by atoms with Crippen molar-refractivity contribution in [2.24, 2.45) is 0 Å². The van der Waals surface area contributed by atoms with Crippen molar-refractivity contribution < 1.29 is 37.0 Å². The van der Waals surface area contributed by atoms with E-state index in [9.17, 15) is 27.5 Å². The molecule has 1 unspecified atom stereocenters. The number of piperazine rings is 1. The molecular weight excluding hydrogens is 553 g/mol. The van der Waals surface area contributed by atoms with E-state index in [1.165, 1.54) is 38.0 Å². The molecule has 1 amide bonds. The molecular formula is C29H36FN3O7S. The number of halogens is 1. The quantitative estimate of drug-likeness (QED) is 0.463. The highest BCUT2D eigenvalue weighted by Crippen LogP contribution is 2.33. The van der Waals surface area contributed by atoms with Crippen LogP contribution in [-0.4, -0.2) is 83.0 Å². The number of hydrogen-bond acceptors (Lipinski definition) is 7. The average Bonchev–Trinajstić information content (AvgIpc) is 3.25. The fraction of sp³-hybridized carbons (Fsp3) is 0.448. The second kappa shape index (κ2) is 11.1. The molecule has 1 aliphatic heterocycles. The Bertz CT molecular complexity index is 1550. The second-order valence-corrected chi connectivity index (χ2v) is 13.9. The predicted octanol–water partition coefficient (Wildman–Crippen LogP) is 4.83. The van der Waals surface area contributed by atoms with Crippen LogP contribution in [0, 0.1) is 5.82 Å². The van der Waals surface area contributed by atoms with Gasteiger partial charge in [0.2, 0.25) is 10.0 Å². The highest BCUT2D eigenvalue weighted by Gasteiger charge is 2.37. The second-order valence-electron chi connectivity index (χ2n) is 12.0. The predicted molar refractivity (Wildman–Crippen MR) is 152 cm³/mol. The van der Waals surface area contributed by atoms with E-state index in [1.807, 2.05) is 0 Å². The van der Waals surface area contributed by atoms with Crippen molar-refractivity contribution in [1.29, 1.82) is 0 Å². The Balaban J connectivity index is 1.60. The first kappa shape index (κ1) is 30.5. The van der Waals surface area contributed by atoms with Gasteiger partial charge in [0, 0.05) is 36.8 Å². The smallest absolute Gasteiger partial charge is 0.419 e. The number of aliphatic hydroxyl groups excluding tert-OH is 1. The highest BCUT2D eigenvalue weighted by atomic mass is 32.2. The molecule has 0 aliphatic carbocycles. The Labute approximate surface area is 239 Å². The number of benzene rings is 2. The Morgan fingerprint density at radius 1 is 0.951 bits per heavy atom. The minimum absolute atomic E-state index is 0.0329. The molecule has 0 spiro atoms. The van der Waals surface area contributed by atoms with Gasteiger partial charge in [-0.25, -0.2) is 22.4 Å². The zero-order chi connectivity index (χ0) is 30.3. The maximum absolute atomic E-state index is 14.1. The van der Waals surface area contributed by atoms with E-state index in [0.29, 0.717) is 22.0 Å². The van der Waals surface area contributed by atoms with E-state index in [4.69, 9.17) is 9.47 Å². The number of rotatable bonds is 4. The highest BCUT2D eigenvalue weighted by molar-refractivity contribution is 7.89. The number of aromatic nitrogens is 1. The molecule has 3 aromatic rings. The number of aliphatic hydroxyl groups is 1. The molecule has 12 heteroatoms. The number of carbonyl (C=O) groups is 2. The molecule has 1 saturated heterocycles. The first-order valence-corrected chi connectivity index (χ1v) is 14.7. The molecule has 1 fully saturated rings. The van der Waals surface area contributed by atoms with Gasteiger partial charge in [-0.05, 0) is 77.4 Å². The lowest BCUT2D eigenvalue weighted by Crippen LogP contribution is -2.58. The van der Waals surface area contributed by atoms with E-state index in [-0.39, 0.29) is 24.5 Å². The molecule has 1 N–H and O–H groups in total. The Morgan fingerprint density at radius 2 is 1.56 bits per heavy atom. The maximum Gasteiger partial charge on any atom is 0.419 e. The van der Waals surface area contributed by atoms with Crippen LogP contribution >= 0.6 is 0 Å². The largest absolute Gasteiger partial charge is 0.444 e. The first-order valence-electron chi connectivity index (χ1n) is 13.3. The Morgan fingerprint density at radius 3 is 2.15 bits per heavy atom. The van der Waals surface area contributed by atoms with Gasteiger partial charge in [-0.1, -0.05) is 12.1 Å². The van der Waals surface area contributed by atoms with Crippen molar-refractivity contribution >= 4 is 33.1 Å². The molecule has 10 nitrogen and oxygen atoms in total. The third kappa shape index (κ3) is 6.71. The fourth-order valence-corrected chi connectivity index (χ4v) is 6.08. The fourth-order valence-electron chi connectivity index (χ4n) is 4.61. The molecule has 0 radical (unpaired) electrons. The SMILES string of the molecule is CC(C)(C)OC(=O)N1CCN(S(=O)(=O)c2ccc(-c3cn(C(=O)OC(C)(C)C)c4cc(F)ccc34)cc2)CC1CO. The number of ether oxygens (including phenoxy) is 2. The van der Waals surface area contributed by atoms with Crippen LogP contribution in [0.5, 0.6) is 0 Å². The summed E-state index contributed by atoms with van der Waals surface area (Å²) in [6.45, 7) is 9.99. The molecule has 4 rings (SSSR count). The van der Waals surface area contributed by atoms with Gasteiger partial charge in [0.05, 0.1) is 23.1 Å². The van der Waals surface area contributed by atoms with Crippen LogP contribution in [-0.2, 0) is 19.5 Å². The lowest BCUT2D eigenvalue weighted by atomic mass is 10.1. The standard InChI is InChI=1S/C29H36FN3O7S/c1-28(2,3)39-26(35)32-14-13-31(16-21(32)18-34)41(37,38)22-10-7-19(8-11-22)24-17-33(27(36)40-29(4,5)6)25-15-20(30)9-12-23(24)25/h7-12,15,17,21,34H,13-14,16,18H2,1-6H3. The minimum atomic E-state index is -3.95. The monoisotopic (exact) mass is 589 g/mol. The van der Waals surface area contributed by atoms with Gasteiger partial charge in [-0.3, -0.25) is 4.57 Å². The number of carbonyl (C=O) groups excluding carboxylic acids is 2. The number of nitrogens with zero attached hydrogens (tertiary/aromatic N) is 3. The van der Waals surface area contributed by atoms with Crippen LogP contribution < -0.4 is 0 Å². The molecule has 2 heterocycles. The van der Waals surface area contributed by atoms with Crippen LogP contribution in [0.4, 0.5) is 14.0 Å². The minimum Gasteiger partial charge on any atom is -0.444 e. The molecule has 41 heavy (non-hydrogen) atoms. The lowest BCUT2D eigenvalue weighted by Gasteiger charge is -2.40. The number of amides is 1. The van der Waals surface area contributed by atoms with Crippen molar-refractivity contribution in [3.8, 4) is 11.1 Å². The summed E-state index contributed by atoms with van der Waals surface area (Å²) in [6.07, 6.45) is 0.273. The van der Waals surface area contributed by atoms with Crippen LogP contribution in [0.1, 0.15) is 41.5 Å². The zero-order valence-corrected chi connectivity index (χ0v) is 24.9. The maximum atomic E-state index is 14.1. The van der Waals surface area contributed by atoms with E-state index < -0.39 is 51.9 Å². The normalized spacial score (nSPS) is 17.1. The summed E-state index contributed by atoms with van der Waals surface area (Å²) >= 11 is 0. The van der Waals surface area contributed by atoms with Crippen molar-refractivity contribution in [3.05, 3.63) is 54.5 Å². The molecule has 1 aliphatic rings. The Kier molecular flexibility index (Phi) is 8.23. The third-order valence-corrected chi connectivity index (χ3v) is 8.32. The summed E-state index contributed by atoms with van der Waals surface area (Å²) in [5, 5.41) is 10.5. The summed E-state index contributed by atoms with van der Waals surface area (Å²) < 4.78 is 54.4. The summed E-state index contributed by atoms with van der Waals surface area (Å²) in [7, 11) is -3.95. The lowest BCUT2D eigenvalue weighted by molar-refractivity contribution is -0.00258. The van der Waals surface area contributed by atoms with Gasteiger partial charge in [-0.15, -0.1) is 0 Å². The van der Waals surface area contributed by atoms with E-state index in [2.05, 4.69) is 0 Å². The molecule has 1 aromatic heterocycles. The number of sulfonamides is 1. The summed E-state index contributed by atoms with van der Waals surface area (Å²) in [5.74, 6) is -0.513. The van der Waals surface area contributed by atoms with Gasteiger partial charge in [0.1, 0.15) is 17.0 Å². The first-order chi connectivity index (χ1) is 19.0. The van der Waals surface area contributed by atoms with Crippen LogP contribution in [0.2, 0.25) is 0 Å². The van der Waals surface area contributed by atoms with Crippen LogP contribution in [0.3, 0.4) is 0 Å². The van der Waals surface area contributed by atoms with Gasteiger partial charge < -0.3 is 19.5 Å².